The highest BCUT2D eigenvalue weighted by Crippen LogP contribution is 2.45. The first-order chi connectivity index (χ1) is 37.7. The van der Waals surface area contributed by atoms with E-state index < -0.39 is 97.5 Å². The smallest absolute Gasteiger partial charge is 0.462 e. The Morgan fingerprint density at radius 3 is 0.756 bits per heavy atom. The second-order valence-electron chi connectivity index (χ2n) is 21.4. The molecule has 0 aliphatic heterocycles. The van der Waals surface area contributed by atoms with Gasteiger partial charge in [0.15, 0.2) is 12.2 Å². The SMILES string of the molecule is CCCCCCCCCCCCC(=O)OC[C@H](COP(=O)(O)OC[C@@H](O)COP(=O)(O)OC[C@@H](COC(=O)CCCCCCCCCCC)OC(=O)CCCCCCCCCCC)OC(=O)CCCCCCCCCCCC. The zero-order valence-corrected chi connectivity index (χ0v) is 51.4. The van der Waals surface area contributed by atoms with Gasteiger partial charge in [0.05, 0.1) is 26.4 Å². The molecule has 0 spiro atoms. The molecule has 0 rings (SSSR count). The number of ether oxygens (including phenoxy) is 4. The summed E-state index contributed by atoms with van der Waals surface area (Å²) in [6.07, 6.45) is 37.5. The van der Waals surface area contributed by atoms with Gasteiger partial charge in [0.2, 0.25) is 0 Å². The van der Waals surface area contributed by atoms with Crippen molar-refractivity contribution in [3.8, 4) is 0 Å². The van der Waals surface area contributed by atoms with Gasteiger partial charge in [-0.05, 0) is 25.7 Å². The Morgan fingerprint density at radius 1 is 0.308 bits per heavy atom. The van der Waals surface area contributed by atoms with Crippen molar-refractivity contribution >= 4 is 39.5 Å². The highest BCUT2D eigenvalue weighted by molar-refractivity contribution is 7.47. The minimum atomic E-state index is -4.93. The first-order valence-electron chi connectivity index (χ1n) is 31.3. The summed E-state index contributed by atoms with van der Waals surface area (Å²) >= 11 is 0. The molecule has 0 radical (unpaired) electrons. The molecule has 0 aliphatic rings. The van der Waals surface area contributed by atoms with Crippen molar-refractivity contribution in [2.24, 2.45) is 0 Å². The molecule has 3 N–H and O–H groups in total. The van der Waals surface area contributed by atoms with Crippen LogP contribution in [0, 0.1) is 0 Å². The van der Waals surface area contributed by atoms with Crippen LogP contribution in [0.25, 0.3) is 0 Å². The molecule has 0 aromatic heterocycles. The van der Waals surface area contributed by atoms with Crippen LogP contribution in [-0.4, -0.2) is 96.7 Å². The molecule has 0 saturated carbocycles. The molecular formula is C59H114O17P2. The van der Waals surface area contributed by atoms with Gasteiger partial charge in [-0.25, -0.2) is 9.13 Å². The van der Waals surface area contributed by atoms with Gasteiger partial charge in [0.1, 0.15) is 19.3 Å². The second-order valence-corrected chi connectivity index (χ2v) is 24.3. The molecule has 0 aromatic carbocycles. The van der Waals surface area contributed by atoms with Crippen LogP contribution in [0.4, 0.5) is 0 Å². The topological polar surface area (TPSA) is 237 Å². The number of aliphatic hydroxyl groups excluding tert-OH is 1. The molecule has 0 aromatic rings. The van der Waals surface area contributed by atoms with Crippen molar-refractivity contribution in [3.05, 3.63) is 0 Å². The Labute approximate surface area is 473 Å². The summed E-state index contributed by atoms with van der Waals surface area (Å²) in [4.78, 5) is 71.8. The van der Waals surface area contributed by atoms with Crippen molar-refractivity contribution in [3.63, 3.8) is 0 Å². The second kappa shape index (κ2) is 54.3. The maximum atomic E-state index is 12.9. The van der Waals surface area contributed by atoms with Crippen molar-refractivity contribution in [1.82, 2.24) is 0 Å². The normalized spacial score (nSPS) is 14.3. The van der Waals surface area contributed by atoms with E-state index >= 15 is 0 Å². The van der Waals surface area contributed by atoms with Crippen LogP contribution < -0.4 is 0 Å². The third kappa shape index (κ3) is 53.4. The van der Waals surface area contributed by atoms with Crippen molar-refractivity contribution in [1.29, 1.82) is 0 Å². The number of hydrogen-bond acceptors (Lipinski definition) is 15. The largest absolute Gasteiger partial charge is 0.472 e. The van der Waals surface area contributed by atoms with E-state index in [1.807, 2.05) is 0 Å². The van der Waals surface area contributed by atoms with Gasteiger partial charge in [-0.3, -0.25) is 37.3 Å². The predicted molar refractivity (Wildman–Crippen MR) is 308 cm³/mol. The lowest BCUT2D eigenvalue weighted by molar-refractivity contribution is -0.161. The number of hydrogen-bond donors (Lipinski definition) is 3. The Hall–Kier alpha value is -1.94. The minimum Gasteiger partial charge on any atom is -0.462 e. The van der Waals surface area contributed by atoms with Gasteiger partial charge in [0, 0.05) is 25.7 Å². The van der Waals surface area contributed by atoms with Crippen LogP contribution >= 0.6 is 15.6 Å². The fourth-order valence-corrected chi connectivity index (χ4v) is 10.3. The van der Waals surface area contributed by atoms with E-state index in [1.54, 1.807) is 0 Å². The number of unbranched alkanes of at least 4 members (excludes halogenated alkanes) is 34. The number of rotatable bonds is 60. The zero-order valence-electron chi connectivity index (χ0n) is 49.6. The van der Waals surface area contributed by atoms with Gasteiger partial charge < -0.3 is 33.8 Å². The third-order valence-corrected chi connectivity index (χ3v) is 15.5. The number of phosphoric ester groups is 2. The van der Waals surface area contributed by atoms with Crippen molar-refractivity contribution in [2.75, 3.05) is 39.6 Å². The van der Waals surface area contributed by atoms with Crippen LogP contribution in [0.3, 0.4) is 0 Å². The van der Waals surface area contributed by atoms with E-state index in [0.29, 0.717) is 25.7 Å². The number of esters is 4. The van der Waals surface area contributed by atoms with Gasteiger partial charge in [-0.1, -0.05) is 246 Å². The molecule has 0 aliphatic carbocycles. The minimum absolute atomic E-state index is 0.106. The molecule has 17 nitrogen and oxygen atoms in total. The number of carbonyl (C=O) groups excluding carboxylic acids is 4. The molecule has 2 unspecified atom stereocenters. The van der Waals surface area contributed by atoms with Gasteiger partial charge >= 0.3 is 39.5 Å². The average molecular weight is 1160 g/mol. The standard InChI is InChI=1S/C59H114O17P2/c1-5-9-13-17-21-25-29-32-36-40-44-57(62)70-50-55(76-59(64)46-42-38-34-30-26-22-18-14-10-6-2)52-74-78(67,68)72-48-53(60)47-71-77(65,66)73-51-54(75-58(63)45-41-37-33-28-24-20-16-12-8-4)49-69-56(61)43-39-35-31-27-23-19-15-11-7-3/h53-55,60H,5-52H2,1-4H3,(H,65,66)(H,67,68)/t53-,54+,55+/m0/s1. The summed E-state index contributed by atoms with van der Waals surface area (Å²) in [5.41, 5.74) is 0. The van der Waals surface area contributed by atoms with Crippen LogP contribution in [-0.2, 0) is 65.4 Å². The molecule has 0 fully saturated rings. The summed E-state index contributed by atoms with van der Waals surface area (Å²) in [6, 6.07) is 0. The molecule has 78 heavy (non-hydrogen) atoms. The average Bonchev–Trinajstić information content (AvgIpc) is 3.41. The zero-order chi connectivity index (χ0) is 57.6. The highest BCUT2D eigenvalue weighted by Gasteiger charge is 2.30. The van der Waals surface area contributed by atoms with Gasteiger partial charge in [-0.2, -0.15) is 0 Å². The first-order valence-corrected chi connectivity index (χ1v) is 34.3. The molecular weight excluding hydrogens is 1040 g/mol. The molecule has 0 bridgehead atoms. The van der Waals surface area contributed by atoms with Crippen LogP contribution in [0.5, 0.6) is 0 Å². The van der Waals surface area contributed by atoms with Crippen molar-refractivity contribution < 1.29 is 80.2 Å². The Kier molecular flexibility index (Phi) is 53.0. The fourth-order valence-electron chi connectivity index (χ4n) is 8.75. The lowest BCUT2D eigenvalue weighted by Gasteiger charge is -2.21. The van der Waals surface area contributed by atoms with E-state index in [-0.39, 0.29) is 25.7 Å². The molecule has 0 heterocycles. The Morgan fingerprint density at radius 2 is 0.513 bits per heavy atom. The summed E-state index contributed by atoms with van der Waals surface area (Å²) in [7, 11) is -9.87. The van der Waals surface area contributed by atoms with E-state index in [1.165, 1.54) is 128 Å². The predicted octanol–water partition coefficient (Wildman–Crippen LogP) is 16.0. The molecule has 0 amide bonds. The molecule has 0 saturated heterocycles. The van der Waals surface area contributed by atoms with E-state index in [2.05, 4.69) is 27.7 Å². The lowest BCUT2D eigenvalue weighted by Crippen LogP contribution is -2.30. The number of phosphoric acid groups is 2. The monoisotopic (exact) mass is 1160 g/mol. The van der Waals surface area contributed by atoms with E-state index in [4.69, 9.17) is 37.0 Å². The number of aliphatic hydroxyl groups is 1. The quantitative estimate of drug-likeness (QED) is 0.0222. The van der Waals surface area contributed by atoms with Gasteiger partial charge in [0.25, 0.3) is 0 Å². The maximum absolute atomic E-state index is 12.9. The van der Waals surface area contributed by atoms with E-state index in [0.717, 1.165) is 89.9 Å². The van der Waals surface area contributed by atoms with E-state index in [9.17, 15) is 43.2 Å². The first kappa shape index (κ1) is 76.1. The summed E-state index contributed by atoms with van der Waals surface area (Å²) in [5, 5.41) is 10.5. The Bertz CT molecular complexity index is 1520. The third-order valence-electron chi connectivity index (χ3n) is 13.6. The fraction of sp³-hybridized carbons (Fsp3) is 0.932. The van der Waals surface area contributed by atoms with Crippen LogP contribution in [0.15, 0.2) is 0 Å². The molecule has 5 atom stereocenters. The summed E-state index contributed by atoms with van der Waals surface area (Å²) in [6.45, 7) is 4.81. The summed E-state index contributed by atoms with van der Waals surface area (Å²) < 4.78 is 67.7. The molecule has 462 valence electrons. The van der Waals surface area contributed by atoms with Crippen LogP contribution in [0.2, 0.25) is 0 Å². The molecule has 19 heteroatoms. The Balaban J connectivity index is 5.21. The number of carbonyl (C=O) groups is 4. The van der Waals surface area contributed by atoms with Crippen LogP contribution in [0.1, 0.15) is 297 Å². The summed E-state index contributed by atoms with van der Waals surface area (Å²) in [5.74, 6) is -2.14. The highest BCUT2D eigenvalue weighted by atomic mass is 31.2. The lowest BCUT2D eigenvalue weighted by atomic mass is 10.1. The maximum Gasteiger partial charge on any atom is 0.472 e. The van der Waals surface area contributed by atoms with Crippen molar-refractivity contribution in [2.45, 2.75) is 316 Å². The van der Waals surface area contributed by atoms with Gasteiger partial charge in [-0.15, -0.1) is 0 Å².